The normalized spacial score (nSPS) is 11.8. The summed E-state index contributed by atoms with van der Waals surface area (Å²) in [5.41, 5.74) is 13.2. The van der Waals surface area contributed by atoms with Crippen molar-refractivity contribution in [2.45, 2.75) is 0 Å². The van der Waals surface area contributed by atoms with Crippen molar-refractivity contribution in [3.63, 3.8) is 0 Å². The van der Waals surface area contributed by atoms with Crippen molar-refractivity contribution in [3.8, 4) is 56.7 Å². The van der Waals surface area contributed by atoms with Gasteiger partial charge in [0.1, 0.15) is 5.58 Å². The van der Waals surface area contributed by atoms with Gasteiger partial charge in [-0.25, -0.2) is 4.98 Å². The largest absolute Gasteiger partial charge is 0.454 e. The maximum Gasteiger partial charge on any atom is 0.238 e. The van der Waals surface area contributed by atoms with Crippen molar-refractivity contribution in [3.05, 3.63) is 212 Å². The van der Waals surface area contributed by atoms with Gasteiger partial charge in [-0.3, -0.25) is 4.57 Å². The average Bonchev–Trinajstić information content (AvgIpc) is 4.02. The molecule has 4 heterocycles. The standard InChI is InChI=1S/C57H35N5O/c1-3-15-36(16-4-1)38-19-13-21-40(33-38)55-58-56(60-57(59-55)62-50-27-11-7-23-43(50)44-24-8-12-28-51(44)62)41-29-32-52-48(35-41)47-31-30-46-45-25-9-10-26-49(45)61(53(46)54(47)63-52)42-22-14-20-39(34-42)37-17-5-2-6-18-37/h1-35H. The van der Waals surface area contributed by atoms with Crippen LogP contribution in [0.1, 0.15) is 0 Å². The molecule has 0 spiro atoms. The van der Waals surface area contributed by atoms with Crippen LogP contribution >= 0.6 is 0 Å². The molecule has 0 saturated carbocycles. The third-order valence-electron chi connectivity index (χ3n) is 12.4. The second kappa shape index (κ2) is 14.0. The van der Waals surface area contributed by atoms with E-state index < -0.39 is 0 Å². The Morgan fingerprint density at radius 2 is 0.825 bits per heavy atom. The summed E-state index contributed by atoms with van der Waals surface area (Å²) in [6.45, 7) is 0. The van der Waals surface area contributed by atoms with Gasteiger partial charge in [0.25, 0.3) is 0 Å². The predicted molar refractivity (Wildman–Crippen MR) is 258 cm³/mol. The maximum atomic E-state index is 6.91. The van der Waals surface area contributed by atoms with Crippen LogP contribution in [0.5, 0.6) is 0 Å². The number of benzene rings is 9. The lowest BCUT2D eigenvalue weighted by molar-refractivity contribution is 0.671. The summed E-state index contributed by atoms with van der Waals surface area (Å²) < 4.78 is 11.4. The van der Waals surface area contributed by atoms with Crippen LogP contribution in [-0.2, 0) is 0 Å². The quantitative estimate of drug-likeness (QED) is 0.168. The molecule has 0 aliphatic heterocycles. The summed E-state index contributed by atoms with van der Waals surface area (Å²) in [6, 6.07) is 74.4. The van der Waals surface area contributed by atoms with Gasteiger partial charge in [-0.2, -0.15) is 9.97 Å². The molecule has 13 rings (SSSR count). The lowest BCUT2D eigenvalue weighted by Crippen LogP contribution is -2.06. The highest BCUT2D eigenvalue weighted by molar-refractivity contribution is 6.21. The fraction of sp³-hybridized carbons (Fsp3) is 0. The topological polar surface area (TPSA) is 61.7 Å². The van der Waals surface area contributed by atoms with Crippen molar-refractivity contribution in [1.82, 2.24) is 24.1 Å². The van der Waals surface area contributed by atoms with Crippen molar-refractivity contribution < 1.29 is 4.42 Å². The number of hydrogen-bond donors (Lipinski definition) is 0. The Morgan fingerprint density at radius 3 is 1.49 bits per heavy atom. The molecule has 6 nitrogen and oxygen atoms in total. The van der Waals surface area contributed by atoms with Crippen molar-refractivity contribution in [2.75, 3.05) is 0 Å². The molecular weight excluding hydrogens is 771 g/mol. The first-order chi connectivity index (χ1) is 31.2. The van der Waals surface area contributed by atoms with Gasteiger partial charge in [-0.05, 0) is 82.9 Å². The Balaban J connectivity index is 1.03. The molecule has 0 N–H and O–H groups in total. The van der Waals surface area contributed by atoms with Gasteiger partial charge < -0.3 is 8.98 Å². The molecule has 0 radical (unpaired) electrons. The average molecular weight is 806 g/mol. The van der Waals surface area contributed by atoms with Crippen LogP contribution in [0.2, 0.25) is 0 Å². The molecule has 63 heavy (non-hydrogen) atoms. The van der Waals surface area contributed by atoms with Gasteiger partial charge in [-0.15, -0.1) is 0 Å². The van der Waals surface area contributed by atoms with E-state index in [4.69, 9.17) is 19.4 Å². The number of nitrogens with zero attached hydrogens (tertiary/aromatic N) is 5. The van der Waals surface area contributed by atoms with E-state index in [1.807, 2.05) is 6.07 Å². The Bertz CT molecular complexity index is 3860. The SMILES string of the molecule is c1ccc(-c2cccc(-c3nc(-c4ccc5oc6c(ccc7c8ccccc8n(-c8cccc(-c9ccccc9)c8)c76)c5c4)nc(-n4c5ccccc5c5ccccc54)n3)c2)cc1. The van der Waals surface area contributed by atoms with E-state index in [1.54, 1.807) is 0 Å². The second-order valence-corrected chi connectivity index (χ2v) is 16.0. The van der Waals surface area contributed by atoms with Gasteiger partial charge in [0, 0.05) is 49.1 Å². The van der Waals surface area contributed by atoms with Crippen LogP contribution in [0.3, 0.4) is 0 Å². The van der Waals surface area contributed by atoms with Crippen LogP contribution < -0.4 is 0 Å². The summed E-state index contributed by atoms with van der Waals surface area (Å²) in [5, 5.41) is 6.61. The summed E-state index contributed by atoms with van der Waals surface area (Å²) in [7, 11) is 0. The molecule has 0 aliphatic carbocycles. The van der Waals surface area contributed by atoms with E-state index in [0.29, 0.717) is 17.6 Å². The van der Waals surface area contributed by atoms with Gasteiger partial charge >= 0.3 is 0 Å². The first-order valence-corrected chi connectivity index (χ1v) is 21.2. The number of para-hydroxylation sites is 3. The summed E-state index contributed by atoms with van der Waals surface area (Å²) in [6.07, 6.45) is 0. The first kappa shape index (κ1) is 35.2. The molecule has 0 atom stereocenters. The molecule has 0 aliphatic rings. The smallest absolute Gasteiger partial charge is 0.238 e. The zero-order chi connectivity index (χ0) is 41.4. The minimum Gasteiger partial charge on any atom is -0.454 e. The highest BCUT2D eigenvalue weighted by atomic mass is 16.3. The Labute approximate surface area is 361 Å². The maximum absolute atomic E-state index is 6.91. The van der Waals surface area contributed by atoms with E-state index in [0.717, 1.165) is 93.7 Å². The molecule has 6 heteroatoms. The number of hydrogen-bond acceptors (Lipinski definition) is 4. The Hall–Kier alpha value is -8.61. The highest BCUT2D eigenvalue weighted by Gasteiger charge is 2.22. The third-order valence-corrected chi connectivity index (χ3v) is 12.4. The van der Waals surface area contributed by atoms with Crippen molar-refractivity contribution >= 4 is 65.6 Å². The molecule has 13 aromatic rings. The highest BCUT2D eigenvalue weighted by Crippen LogP contribution is 2.42. The van der Waals surface area contributed by atoms with Gasteiger partial charge in [0.15, 0.2) is 17.2 Å². The van der Waals surface area contributed by atoms with Crippen LogP contribution in [0.4, 0.5) is 0 Å². The minimum absolute atomic E-state index is 0.554. The van der Waals surface area contributed by atoms with E-state index in [9.17, 15) is 0 Å². The van der Waals surface area contributed by atoms with E-state index in [2.05, 4.69) is 215 Å². The molecular formula is C57H35N5O. The molecule has 0 saturated heterocycles. The first-order valence-electron chi connectivity index (χ1n) is 21.2. The molecule has 0 amide bonds. The van der Waals surface area contributed by atoms with Gasteiger partial charge in [-0.1, -0.05) is 152 Å². The van der Waals surface area contributed by atoms with Gasteiger partial charge in [0.05, 0.1) is 22.1 Å². The summed E-state index contributed by atoms with van der Waals surface area (Å²) >= 11 is 0. The monoisotopic (exact) mass is 805 g/mol. The fourth-order valence-electron chi connectivity index (χ4n) is 9.47. The number of fused-ring (bicyclic) bond motifs is 10. The number of rotatable bonds is 6. The lowest BCUT2D eigenvalue weighted by atomic mass is 10.0. The zero-order valence-electron chi connectivity index (χ0n) is 33.9. The van der Waals surface area contributed by atoms with Crippen molar-refractivity contribution in [2.24, 2.45) is 0 Å². The lowest BCUT2D eigenvalue weighted by Gasteiger charge is -2.11. The predicted octanol–water partition coefficient (Wildman–Crippen LogP) is 14.6. The second-order valence-electron chi connectivity index (χ2n) is 16.0. The molecule has 9 aromatic carbocycles. The van der Waals surface area contributed by atoms with Crippen LogP contribution in [0.15, 0.2) is 217 Å². The van der Waals surface area contributed by atoms with Crippen LogP contribution in [-0.4, -0.2) is 24.1 Å². The summed E-state index contributed by atoms with van der Waals surface area (Å²) in [4.78, 5) is 15.8. The minimum atomic E-state index is 0.554. The van der Waals surface area contributed by atoms with E-state index >= 15 is 0 Å². The van der Waals surface area contributed by atoms with Crippen molar-refractivity contribution in [1.29, 1.82) is 0 Å². The molecule has 294 valence electrons. The van der Waals surface area contributed by atoms with Crippen LogP contribution in [0, 0.1) is 0 Å². The number of furan rings is 1. The molecule has 0 unspecified atom stereocenters. The van der Waals surface area contributed by atoms with Gasteiger partial charge in [0.2, 0.25) is 5.95 Å². The third kappa shape index (κ3) is 5.62. The number of aromatic nitrogens is 5. The summed E-state index contributed by atoms with van der Waals surface area (Å²) in [5.74, 6) is 1.72. The fourth-order valence-corrected chi connectivity index (χ4v) is 9.47. The molecule has 0 fully saturated rings. The zero-order valence-corrected chi connectivity index (χ0v) is 33.9. The Morgan fingerprint density at radius 1 is 0.317 bits per heavy atom. The molecule has 0 bridgehead atoms. The Kier molecular flexibility index (Phi) is 7.80. The molecule has 4 aromatic heterocycles. The van der Waals surface area contributed by atoms with Crippen LogP contribution in [0.25, 0.3) is 122 Å². The van der Waals surface area contributed by atoms with E-state index in [1.165, 1.54) is 10.9 Å². The van der Waals surface area contributed by atoms with E-state index in [-0.39, 0.29) is 0 Å².